The van der Waals surface area contributed by atoms with Gasteiger partial charge in [-0.15, -0.1) is 6.58 Å². The molecule has 0 spiro atoms. The Bertz CT molecular complexity index is 530. The largest absolute Gasteiger partial charge is 0.507 e. The molecule has 1 amide bonds. The Morgan fingerprint density at radius 2 is 2.05 bits per heavy atom. The summed E-state index contributed by atoms with van der Waals surface area (Å²) in [4.78, 5) is 12.3. The van der Waals surface area contributed by atoms with Crippen LogP contribution in [0.4, 0.5) is 0 Å². The zero-order valence-corrected chi connectivity index (χ0v) is 13.7. The number of allylic oxidation sites excluding steroid dienone is 1. The molecule has 0 unspecified atom stereocenters. The second kappa shape index (κ2) is 6.76. The number of phenolic OH excluding ortho intramolecular Hbond substituents is 1. The van der Waals surface area contributed by atoms with Gasteiger partial charge in [-0.25, -0.2) is 5.01 Å². The summed E-state index contributed by atoms with van der Waals surface area (Å²) in [5.41, 5.74) is 4.79. The van der Waals surface area contributed by atoms with Crippen LogP contribution in [0, 0.1) is 12.3 Å². The molecule has 1 rings (SSSR count). The molecule has 0 saturated carbocycles. The molecule has 0 aromatic heterocycles. The third kappa shape index (κ3) is 4.90. The number of nitrogens with one attached hydrogen (secondary N) is 1. The Hall–Kier alpha value is -1.81. The molecule has 0 aliphatic heterocycles. The number of benzene rings is 1. The van der Waals surface area contributed by atoms with E-state index < -0.39 is 0 Å². The molecule has 4 nitrogen and oxygen atoms in total. The Kier molecular flexibility index (Phi) is 5.55. The molecule has 0 saturated heterocycles. The maximum Gasteiger partial charge on any atom is 0.265 e. The fourth-order valence-corrected chi connectivity index (χ4v) is 2.31. The third-order valence-corrected chi connectivity index (χ3v) is 3.13. The van der Waals surface area contributed by atoms with E-state index in [1.54, 1.807) is 30.1 Å². The second-order valence-corrected chi connectivity index (χ2v) is 6.60. The molecule has 21 heavy (non-hydrogen) atoms. The van der Waals surface area contributed by atoms with Crippen LogP contribution in [0.15, 0.2) is 24.8 Å². The third-order valence-electron chi connectivity index (χ3n) is 3.13. The van der Waals surface area contributed by atoms with Gasteiger partial charge in [0.2, 0.25) is 0 Å². The highest BCUT2D eigenvalue weighted by Gasteiger charge is 2.18. The van der Waals surface area contributed by atoms with Gasteiger partial charge in [0.1, 0.15) is 5.75 Å². The van der Waals surface area contributed by atoms with Crippen molar-refractivity contribution in [2.45, 2.75) is 34.1 Å². The van der Waals surface area contributed by atoms with Crippen molar-refractivity contribution >= 4 is 5.91 Å². The maximum atomic E-state index is 12.3. The highest BCUT2D eigenvalue weighted by Crippen LogP contribution is 2.26. The zero-order valence-electron chi connectivity index (χ0n) is 13.7. The van der Waals surface area contributed by atoms with Gasteiger partial charge in [-0.2, -0.15) is 0 Å². The van der Waals surface area contributed by atoms with Crippen LogP contribution in [-0.4, -0.2) is 29.6 Å². The van der Waals surface area contributed by atoms with Crippen molar-refractivity contribution in [1.82, 2.24) is 10.4 Å². The zero-order chi connectivity index (χ0) is 16.2. The highest BCUT2D eigenvalue weighted by molar-refractivity contribution is 5.96. The molecule has 116 valence electrons. The number of nitrogens with zero attached hydrogens (tertiary/aromatic N) is 1. The molecule has 0 aliphatic rings. The summed E-state index contributed by atoms with van der Waals surface area (Å²) in [5, 5.41) is 11.9. The van der Waals surface area contributed by atoms with Crippen LogP contribution in [0.5, 0.6) is 5.75 Å². The number of hydrogen-bond donors (Lipinski definition) is 2. The van der Waals surface area contributed by atoms with Gasteiger partial charge >= 0.3 is 0 Å². The van der Waals surface area contributed by atoms with Crippen LogP contribution in [0.25, 0.3) is 0 Å². The predicted octanol–water partition coefficient (Wildman–Crippen LogP) is 3.05. The first-order valence-corrected chi connectivity index (χ1v) is 7.10. The smallest absolute Gasteiger partial charge is 0.265 e. The van der Waals surface area contributed by atoms with E-state index in [1.165, 1.54) is 0 Å². The quantitative estimate of drug-likeness (QED) is 0.647. The summed E-state index contributed by atoms with van der Waals surface area (Å²) in [7, 11) is 1.84. The average molecular weight is 290 g/mol. The molecule has 1 aromatic carbocycles. The van der Waals surface area contributed by atoms with E-state index in [4.69, 9.17) is 0 Å². The molecule has 0 aliphatic carbocycles. The number of carbonyl (C=O) groups is 1. The van der Waals surface area contributed by atoms with Crippen molar-refractivity contribution in [2.24, 2.45) is 5.41 Å². The van der Waals surface area contributed by atoms with Crippen molar-refractivity contribution in [3.05, 3.63) is 41.5 Å². The maximum absolute atomic E-state index is 12.3. The van der Waals surface area contributed by atoms with E-state index in [-0.39, 0.29) is 17.1 Å². The van der Waals surface area contributed by atoms with Gasteiger partial charge in [0.25, 0.3) is 5.91 Å². The fraction of sp³-hybridized carbons (Fsp3) is 0.471. The van der Waals surface area contributed by atoms with E-state index in [9.17, 15) is 9.90 Å². The molecule has 0 bridgehead atoms. The molecule has 0 fully saturated rings. The van der Waals surface area contributed by atoms with E-state index in [0.29, 0.717) is 17.5 Å². The van der Waals surface area contributed by atoms with Gasteiger partial charge in [0.15, 0.2) is 0 Å². The van der Waals surface area contributed by atoms with Crippen LogP contribution < -0.4 is 5.43 Å². The van der Waals surface area contributed by atoms with Crippen LogP contribution in [0.1, 0.15) is 42.3 Å². The molecule has 4 heteroatoms. The van der Waals surface area contributed by atoms with E-state index in [1.807, 2.05) is 7.05 Å². The first-order chi connectivity index (χ1) is 9.65. The van der Waals surface area contributed by atoms with Crippen LogP contribution in [0.2, 0.25) is 0 Å². The first kappa shape index (κ1) is 17.2. The van der Waals surface area contributed by atoms with Crippen LogP contribution in [-0.2, 0) is 6.42 Å². The van der Waals surface area contributed by atoms with Gasteiger partial charge in [0.05, 0.1) is 0 Å². The number of hydrogen-bond acceptors (Lipinski definition) is 3. The Labute approximate surface area is 127 Å². The number of carbonyl (C=O) groups excluding carboxylic acids is 1. The van der Waals surface area contributed by atoms with Crippen molar-refractivity contribution in [3.63, 3.8) is 0 Å². The first-order valence-electron chi connectivity index (χ1n) is 7.10. The van der Waals surface area contributed by atoms with Crippen molar-refractivity contribution in [1.29, 1.82) is 0 Å². The van der Waals surface area contributed by atoms with Gasteiger partial charge < -0.3 is 5.11 Å². The molecular formula is C17H26N2O2. The van der Waals surface area contributed by atoms with E-state index >= 15 is 0 Å². The minimum atomic E-state index is -0.209. The minimum Gasteiger partial charge on any atom is -0.507 e. The summed E-state index contributed by atoms with van der Waals surface area (Å²) in [5.74, 6) is -0.0410. The van der Waals surface area contributed by atoms with Gasteiger partial charge in [-0.1, -0.05) is 32.9 Å². The van der Waals surface area contributed by atoms with Gasteiger partial charge in [0, 0.05) is 24.7 Å². The second-order valence-electron chi connectivity index (χ2n) is 6.60. The van der Waals surface area contributed by atoms with Crippen LogP contribution in [0.3, 0.4) is 0 Å². The summed E-state index contributed by atoms with van der Waals surface area (Å²) in [6.45, 7) is 12.5. The number of aromatic hydroxyl groups is 1. The average Bonchev–Trinajstić information content (AvgIpc) is 2.32. The van der Waals surface area contributed by atoms with Gasteiger partial charge in [-0.3, -0.25) is 10.2 Å². The molecular weight excluding hydrogens is 264 g/mol. The van der Waals surface area contributed by atoms with Crippen molar-refractivity contribution < 1.29 is 9.90 Å². The van der Waals surface area contributed by atoms with Gasteiger partial charge in [-0.05, 0) is 30.4 Å². The Morgan fingerprint density at radius 1 is 1.43 bits per heavy atom. The number of amides is 1. The standard InChI is InChI=1S/C17H26N2O2/c1-7-8-13-9-10-14(12(2)15(13)20)16(21)18-19(6)11-17(3,4)5/h7,9-10,20H,1,8,11H2,2-6H3,(H,18,21). The van der Waals surface area contributed by atoms with Crippen molar-refractivity contribution in [3.8, 4) is 5.75 Å². The number of hydrazine groups is 1. The SMILES string of the molecule is C=CCc1ccc(C(=O)NN(C)CC(C)(C)C)c(C)c1O. The fourth-order valence-electron chi connectivity index (χ4n) is 2.31. The lowest BCUT2D eigenvalue weighted by Gasteiger charge is -2.27. The lowest BCUT2D eigenvalue weighted by atomic mass is 9.97. The van der Waals surface area contributed by atoms with Crippen molar-refractivity contribution in [2.75, 3.05) is 13.6 Å². The lowest BCUT2D eigenvalue weighted by Crippen LogP contribution is -2.43. The topological polar surface area (TPSA) is 52.6 Å². The summed E-state index contributed by atoms with van der Waals surface area (Å²) < 4.78 is 0. The molecule has 1 aromatic rings. The normalized spacial score (nSPS) is 11.5. The molecule has 2 N–H and O–H groups in total. The Morgan fingerprint density at radius 3 is 2.57 bits per heavy atom. The molecule has 0 heterocycles. The highest BCUT2D eigenvalue weighted by atomic mass is 16.3. The number of rotatable bonds is 5. The summed E-state index contributed by atoms with van der Waals surface area (Å²) in [6.07, 6.45) is 2.31. The van der Waals surface area contributed by atoms with E-state index in [0.717, 1.165) is 12.1 Å². The predicted molar refractivity (Wildman–Crippen MR) is 86.3 cm³/mol. The van der Waals surface area contributed by atoms with Crippen LogP contribution >= 0.6 is 0 Å². The molecule has 0 radical (unpaired) electrons. The summed E-state index contributed by atoms with van der Waals surface area (Å²) >= 11 is 0. The minimum absolute atomic E-state index is 0.0903. The van der Waals surface area contributed by atoms with E-state index in [2.05, 4.69) is 32.8 Å². The lowest BCUT2D eigenvalue weighted by molar-refractivity contribution is 0.0778. The Balaban J connectivity index is 2.88. The number of phenols is 1. The monoisotopic (exact) mass is 290 g/mol. The molecule has 0 atom stereocenters. The summed E-state index contributed by atoms with van der Waals surface area (Å²) in [6, 6.07) is 3.51.